The SMILES string of the molecule is FC(F)(F)c1cc(OCC2CNCCO2)ncn1. The first-order valence-electron chi connectivity index (χ1n) is 5.40. The Hall–Kier alpha value is -1.41. The molecule has 18 heavy (non-hydrogen) atoms. The van der Waals surface area contributed by atoms with Gasteiger partial charge in [-0.05, 0) is 0 Å². The molecule has 1 aliphatic rings. The Morgan fingerprint density at radius 2 is 2.28 bits per heavy atom. The smallest absolute Gasteiger partial charge is 0.433 e. The summed E-state index contributed by atoms with van der Waals surface area (Å²) in [4.78, 5) is 6.77. The van der Waals surface area contributed by atoms with Gasteiger partial charge in [-0.15, -0.1) is 0 Å². The van der Waals surface area contributed by atoms with Crippen molar-refractivity contribution in [1.29, 1.82) is 0 Å². The molecule has 1 saturated heterocycles. The van der Waals surface area contributed by atoms with Gasteiger partial charge in [0, 0.05) is 19.2 Å². The van der Waals surface area contributed by atoms with Crippen molar-refractivity contribution in [2.24, 2.45) is 0 Å². The fourth-order valence-corrected chi connectivity index (χ4v) is 1.48. The van der Waals surface area contributed by atoms with E-state index in [0.29, 0.717) is 13.2 Å². The Morgan fingerprint density at radius 3 is 2.94 bits per heavy atom. The van der Waals surface area contributed by atoms with Gasteiger partial charge in [-0.2, -0.15) is 13.2 Å². The first-order valence-corrected chi connectivity index (χ1v) is 5.40. The Bertz CT molecular complexity index is 394. The van der Waals surface area contributed by atoms with Gasteiger partial charge in [0.15, 0.2) is 5.69 Å². The van der Waals surface area contributed by atoms with Gasteiger partial charge in [-0.1, -0.05) is 0 Å². The van der Waals surface area contributed by atoms with Crippen molar-refractivity contribution >= 4 is 0 Å². The fraction of sp³-hybridized carbons (Fsp3) is 0.600. The quantitative estimate of drug-likeness (QED) is 0.876. The van der Waals surface area contributed by atoms with Gasteiger partial charge in [0.1, 0.15) is 19.0 Å². The van der Waals surface area contributed by atoms with Crippen LogP contribution in [-0.2, 0) is 10.9 Å². The third kappa shape index (κ3) is 3.54. The number of rotatable bonds is 3. The predicted octanol–water partition coefficient (Wildman–Crippen LogP) is 0.863. The number of aromatic nitrogens is 2. The molecule has 1 unspecified atom stereocenters. The van der Waals surface area contributed by atoms with Crippen LogP contribution in [0.1, 0.15) is 5.69 Å². The molecular weight excluding hydrogens is 251 g/mol. The van der Waals surface area contributed by atoms with Crippen LogP contribution >= 0.6 is 0 Å². The molecule has 1 aromatic rings. The van der Waals surface area contributed by atoms with Crippen molar-refractivity contribution in [3.8, 4) is 5.88 Å². The summed E-state index contributed by atoms with van der Waals surface area (Å²) in [6.45, 7) is 2.09. The lowest BCUT2D eigenvalue weighted by Gasteiger charge is -2.23. The lowest BCUT2D eigenvalue weighted by Crippen LogP contribution is -2.41. The summed E-state index contributed by atoms with van der Waals surface area (Å²) >= 11 is 0. The van der Waals surface area contributed by atoms with Crippen LogP contribution in [0.15, 0.2) is 12.4 Å². The summed E-state index contributed by atoms with van der Waals surface area (Å²) < 4.78 is 47.7. The van der Waals surface area contributed by atoms with Crippen LogP contribution in [-0.4, -0.2) is 42.4 Å². The Labute approximate surface area is 101 Å². The third-order valence-electron chi connectivity index (χ3n) is 2.35. The molecule has 1 atom stereocenters. The maximum atomic E-state index is 12.4. The van der Waals surface area contributed by atoms with E-state index in [4.69, 9.17) is 9.47 Å². The monoisotopic (exact) mass is 263 g/mol. The summed E-state index contributed by atoms with van der Waals surface area (Å²) in [7, 11) is 0. The van der Waals surface area contributed by atoms with E-state index >= 15 is 0 Å². The molecule has 0 saturated carbocycles. The Kier molecular flexibility index (Phi) is 3.97. The maximum Gasteiger partial charge on any atom is 0.433 e. The summed E-state index contributed by atoms with van der Waals surface area (Å²) in [6.07, 6.45) is -3.84. The van der Waals surface area contributed by atoms with Crippen LogP contribution in [0.25, 0.3) is 0 Å². The lowest BCUT2D eigenvalue weighted by molar-refractivity contribution is -0.141. The topological polar surface area (TPSA) is 56.3 Å². The van der Waals surface area contributed by atoms with E-state index in [1.54, 1.807) is 0 Å². The highest BCUT2D eigenvalue weighted by atomic mass is 19.4. The van der Waals surface area contributed by atoms with E-state index in [1.807, 2.05) is 0 Å². The summed E-state index contributed by atoms with van der Waals surface area (Å²) in [5, 5.41) is 3.09. The Morgan fingerprint density at radius 1 is 1.44 bits per heavy atom. The third-order valence-corrected chi connectivity index (χ3v) is 2.35. The van der Waals surface area contributed by atoms with E-state index in [0.717, 1.165) is 18.9 Å². The molecule has 8 heteroatoms. The summed E-state index contributed by atoms with van der Waals surface area (Å²) in [5.41, 5.74) is -1.02. The van der Waals surface area contributed by atoms with Gasteiger partial charge in [0.25, 0.3) is 0 Å². The van der Waals surface area contributed by atoms with E-state index in [1.165, 1.54) is 0 Å². The van der Waals surface area contributed by atoms with Crippen molar-refractivity contribution in [1.82, 2.24) is 15.3 Å². The zero-order valence-corrected chi connectivity index (χ0v) is 9.41. The number of nitrogens with zero attached hydrogens (tertiary/aromatic N) is 2. The van der Waals surface area contributed by atoms with Gasteiger partial charge in [0.05, 0.1) is 6.61 Å². The number of alkyl halides is 3. The molecule has 1 N–H and O–H groups in total. The lowest BCUT2D eigenvalue weighted by atomic mass is 10.3. The van der Waals surface area contributed by atoms with E-state index in [2.05, 4.69) is 15.3 Å². The molecule has 0 amide bonds. The zero-order valence-electron chi connectivity index (χ0n) is 9.41. The van der Waals surface area contributed by atoms with Crippen LogP contribution in [0.3, 0.4) is 0 Å². The first kappa shape index (κ1) is 13.0. The second kappa shape index (κ2) is 5.49. The highest BCUT2D eigenvalue weighted by Crippen LogP contribution is 2.28. The zero-order chi connectivity index (χ0) is 13.0. The minimum Gasteiger partial charge on any atom is -0.475 e. The molecule has 100 valence electrons. The standard InChI is InChI=1S/C10H12F3N3O2/c11-10(12,13)8-3-9(16-6-15-8)18-5-7-4-14-1-2-17-7/h3,6-7,14H,1-2,4-5H2. The number of nitrogens with one attached hydrogen (secondary N) is 1. The van der Waals surface area contributed by atoms with Gasteiger partial charge in [0.2, 0.25) is 5.88 Å². The molecule has 1 aliphatic heterocycles. The summed E-state index contributed by atoms with van der Waals surface area (Å²) in [6, 6.07) is 0.774. The molecule has 1 fully saturated rings. The van der Waals surface area contributed by atoms with Crippen molar-refractivity contribution < 1.29 is 22.6 Å². The molecule has 2 rings (SSSR count). The summed E-state index contributed by atoms with van der Waals surface area (Å²) in [5.74, 6) is -0.105. The van der Waals surface area contributed by atoms with Crippen LogP contribution < -0.4 is 10.1 Å². The van der Waals surface area contributed by atoms with Crippen molar-refractivity contribution in [2.75, 3.05) is 26.3 Å². The van der Waals surface area contributed by atoms with Gasteiger partial charge >= 0.3 is 6.18 Å². The maximum absolute atomic E-state index is 12.4. The molecular formula is C10H12F3N3O2. The minimum absolute atomic E-state index is 0.105. The van der Waals surface area contributed by atoms with E-state index in [9.17, 15) is 13.2 Å². The van der Waals surface area contributed by atoms with E-state index in [-0.39, 0.29) is 18.6 Å². The fourth-order valence-electron chi connectivity index (χ4n) is 1.48. The predicted molar refractivity (Wildman–Crippen MR) is 55.1 cm³/mol. The average molecular weight is 263 g/mol. The second-order valence-corrected chi connectivity index (χ2v) is 3.75. The number of ether oxygens (including phenoxy) is 2. The van der Waals surface area contributed by atoms with Crippen molar-refractivity contribution in [3.63, 3.8) is 0 Å². The average Bonchev–Trinajstić information content (AvgIpc) is 2.37. The molecule has 0 aliphatic carbocycles. The van der Waals surface area contributed by atoms with Crippen LogP contribution in [0.2, 0.25) is 0 Å². The minimum atomic E-state index is -4.50. The van der Waals surface area contributed by atoms with Gasteiger partial charge < -0.3 is 14.8 Å². The number of morpholine rings is 1. The number of hydrogen-bond donors (Lipinski definition) is 1. The largest absolute Gasteiger partial charge is 0.475 e. The molecule has 1 aromatic heterocycles. The highest BCUT2D eigenvalue weighted by molar-refractivity contribution is 5.15. The molecule has 5 nitrogen and oxygen atoms in total. The normalized spacial score (nSPS) is 20.7. The Balaban J connectivity index is 1.92. The molecule has 0 radical (unpaired) electrons. The molecule has 0 bridgehead atoms. The van der Waals surface area contributed by atoms with E-state index < -0.39 is 11.9 Å². The van der Waals surface area contributed by atoms with Gasteiger partial charge in [-0.25, -0.2) is 9.97 Å². The van der Waals surface area contributed by atoms with Crippen molar-refractivity contribution in [2.45, 2.75) is 12.3 Å². The van der Waals surface area contributed by atoms with Crippen LogP contribution in [0.5, 0.6) is 5.88 Å². The van der Waals surface area contributed by atoms with Crippen LogP contribution in [0.4, 0.5) is 13.2 Å². The molecule has 0 aromatic carbocycles. The van der Waals surface area contributed by atoms with Crippen molar-refractivity contribution in [3.05, 3.63) is 18.1 Å². The van der Waals surface area contributed by atoms with Gasteiger partial charge in [-0.3, -0.25) is 0 Å². The number of hydrogen-bond acceptors (Lipinski definition) is 5. The first-order chi connectivity index (χ1) is 8.55. The molecule has 2 heterocycles. The second-order valence-electron chi connectivity index (χ2n) is 3.75. The molecule has 0 spiro atoms. The highest BCUT2D eigenvalue weighted by Gasteiger charge is 2.33. The number of halogens is 3. The van der Waals surface area contributed by atoms with Crippen LogP contribution in [0, 0.1) is 0 Å².